The second-order valence-electron chi connectivity index (χ2n) is 4.71. The second kappa shape index (κ2) is 5.54. The number of aromatic nitrogens is 1. The van der Waals surface area contributed by atoms with Gasteiger partial charge in [0.2, 0.25) is 0 Å². The van der Waals surface area contributed by atoms with Crippen LogP contribution >= 0.6 is 11.3 Å². The van der Waals surface area contributed by atoms with E-state index in [4.69, 9.17) is 0 Å². The molecule has 0 fully saturated rings. The van der Waals surface area contributed by atoms with Crippen LogP contribution in [0.4, 0.5) is 5.69 Å². The van der Waals surface area contributed by atoms with E-state index in [1.165, 1.54) is 0 Å². The summed E-state index contributed by atoms with van der Waals surface area (Å²) in [6.07, 6.45) is 1.86. The smallest absolute Gasteiger partial charge is 0.336 e. The molecule has 0 aliphatic carbocycles. The van der Waals surface area contributed by atoms with Crippen LogP contribution < -0.4 is 5.32 Å². The van der Waals surface area contributed by atoms with Gasteiger partial charge in [0, 0.05) is 22.1 Å². The molecule has 106 valence electrons. The van der Waals surface area contributed by atoms with E-state index in [1.807, 2.05) is 43.5 Å². The first kappa shape index (κ1) is 13.6. The maximum absolute atomic E-state index is 11.3. The van der Waals surface area contributed by atoms with Gasteiger partial charge in [0.25, 0.3) is 0 Å². The van der Waals surface area contributed by atoms with Crippen molar-refractivity contribution in [2.45, 2.75) is 13.5 Å². The molecule has 0 aliphatic rings. The molecule has 5 heteroatoms. The van der Waals surface area contributed by atoms with Gasteiger partial charge in [-0.1, -0.05) is 24.3 Å². The summed E-state index contributed by atoms with van der Waals surface area (Å²) in [6.45, 7) is 2.66. The number of benzene rings is 2. The number of rotatable bonds is 4. The van der Waals surface area contributed by atoms with Crippen LogP contribution in [-0.2, 0) is 6.54 Å². The first-order valence-corrected chi connectivity index (χ1v) is 7.37. The number of nitrogens with zero attached hydrogens (tertiary/aromatic N) is 1. The van der Waals surface area contributed by atoms with Gasteiger partial charge < -0.3 is 10.4 Å². The first-order valence-electron chi connectivity index (χ1n) is 6.55. The minimum atomic E-state index is -0.907. The molecule has 0 saturated heterocycles. The molecule has 21 heavy (non-hydrogen) atoms. The normalized spacial score (nSPS) is 10.7. The van der Waals surface area contributed by atoms with Crippen molar-refractivity contribution in [3.05, 3.63) is 58.0 Å². The molecule has 0 saturated carbocycles. The lowest BCUT2D eigenvalue weighted by Crippen LogP contribution is -2.02. The lowest BCUT2D eigenvalue weighted by molar-refractivity contribution is 0.0699. The fourth-order valence-electron chi connectivity index (χ4n) is 2.31. The van der Waals surface area contributed by atoms with Crippen molar-refractivity contribution in [2.24, 2.45) is 0 Å². The van der Waals surface area contributed by atoms with E-state index in [-0.39, 0.29) is 0 Å². The quantitative estimate of drug-likeness (QED) is 0.766. The highest BCUT2D eigenvalue weighted by molar-refractivity contribution is 7.11. The van der Waals surface area contributed by atoms with Gasteiger partial charge in [0.05, 0.1) is 17.1 Å². The van der Waals surface area contributed by atoms with Crippen LogP contribution in [0.3, 0.4) is 0 Å². The molecular formula is C16H14N2O2S. The van der Waals surface area contributed by atoms with Gasteiger partial charge in [-0.05, 0) is 24.4 Å². The molecule has 1 aromatic heterocycles. The number of carboxylic acids is 1. The largest absolute Gasteiger partial charge is 0.478 e. The Morgan fingerprint density at radius 1 is 1.24 bits per heavy atom. The Morgan fingerprint density at radius 3 is 2.67 bits per heavy atom. The maximum atomic E-state index is 11.3. The number of aromatic carboxylic acids is 1. The number of fused-ring (bicyclic) bond motifs is 1. The van der Waals surface area contributed by atoms with Crippen LogP contribution in [0.25, 0.3) is 10.8 Å². The van der Waals surface area contributed by atoms with E-state index in [0.29, 0.717) is 12.1 Å². The molecule has 0 spiro atoms. The first-order chi connectivity index (χ1) is 10.1. The van der Waals surface area contributed by atoms with Crippen molar-refractivity contribution in [1.29, 1.82) is 0 Å². The van der Waals surface area contributed by atoms with E-state index in [0.717, 1.165) is 26.3 Å². The Bertz CT molecular complexity index is 811. The van der Waals surface area contributed by atoms with Crippen molar-refractivity contribution in [2.75, 3.05) is 5.32 Å². The zero-order valence-corrected chi connectivity index (χ0v) is 12.3. The summed E-state index contributed by atoms with van der Waals surface area (Å²) < 4.78 is 0. The number of nitrogens with one attached hydrogen (secondary N) is 1. The van der Waals surface area contributed by atoms with Gasteiger partial charge in [0.15, 0.2) is 0 Å². The number of anilines is 1. The van der Waals surface area contributed by atoms with Crippen molar-refractivity contribution >= 4 is 33.8 Å². The maximum Gasteiger partial charge on any atom is 0.336 e. The fraction of sp³-hybridized carbons (Fsp3) is 0.125. The van der Waals surface area contributed by atoms with E-state index < -0.39 is 5.97 Å². The number of hydrogen-bond donors (Lipinski definition) is 2. The number of carbonyl (C=O) groups is 1. The SMILES string of the molecule is Cc1ncc(CNc2ccc(C(=O)O)c3ccccc23)s1. The van der Waals surface area contributed by atoms with E-state index in [2.05, 4.69) is 10.3 Å². The molecule has 2 N–H and O–H groups in total. The third-order valence-electron chi connectivity index (χ3n) is 3.28. The molecule has 4 nitrogen and oxygen atoms in total. The Balaban J connectivity index is 1.96. The summed E-state index contributed by atoms with van der Waals surface area (Å²) in [5.41, 5.74) is 1.26. The summed E-state index contributed by atoms with van der Waals surface area (Å²) in [6, 6.07) is 11.0. The van der Waals surface area contributed by atoms with Gasteiger partial charge >= 0.3 is 5.97 Å². The summed E-state index contributed by atoms with van der Waals surface area (Å²) in [4.78, 5) is 16.7. The topological polar surface area (TPSA) is 62.2 Å². The molecular weight excluding hydrogens is 284 g/mol. The molecule has 0 radical (unpaired) electrons. The van der Waals surface area contributed by atoms with Crippen LogP contribution in [0, 0.1) is 6.92 Å². The standard InChI is InChI=1S/C16H14N2O2S/c1-10-17-8-11(21-10)9-18-15-7-6-14(16(19)20)12-4-2-3-5-13(12)15/h2-8,18H,9H2,1H3,(H,19,20). The van der Waals surface area contributed by atoms with E-state index in [1.54, 1.807) is 17.4 Å². The molecule has 0 unspecified atom stereocenters. The second-order valence-corrected chi connectivity index (χ2v) is 6.03. The molecule has 0 bridgehead atoms. The summed E-state index contributed by atoms with van der Waals surface area (Å²) in [5.74, 6) is -0.907. The third kappa shape index (κ3) is 2.73. The molecule has 2 aromatic carbocycles. The Morgan fingerprint density at radius 2 is 2.00 bits per heavy atom. The third-order valence-corrected chi connectivity index (χ3v) is 4.19. The average molecular weight is 298 g/mol. The predicted octanol–water partition coefficient (Wildman–Crippen LogP) is 3.92. The van der Waals surface area contributed by atoms with Crippen LogP contribution in [0.5, 0.6) is 0 Å². The van der Waals surface area contributed by atoms with Gasteiger partial charge in [-0.3, -0.25) is 0 Å². The van der Waals surface area contributed by atoms with Gasteiger partial charge in [-0.2, -0.15) is 0 Å². The Labute approximate surface area is 126 Å². The Hall–Kier alpha value is -2.40. The predicted molar refractivity (Wildman–Crippen MR) is 85.1 cm³/mol. The van der Waals surface area contributed by atoms with E-state index in [9.17, 15) is 9.90 Å². The van der Waals surface area contributed by atoms with E-state index >= 15 is 0 Å². The lowest BCUT2D eigenvalue weighted by Gasteiger charge is -2.10. The number of hydrogen-bond acceptors (Lipinski definition) is 4. The number of carboxylic acid groups (broad SMARTS) is 1. The molecule has 0 aliphatic heterocycles. The van der Waals surface area contributed by atoms with Crippen LogP contribution in [0.15, 0.2) is 42.6 Å². The molecule has 3 aromatic rings. The molecule has 0 amide bonds. The lowest BCUT2D eigenvalue weighted by atomic mass is 10.0. The summed E-state index contributed by atoms with van der Waals surface area (Å²) in [7, 11) is 0. The highest BCUT2D eigenvalue weighted by Gasteiger charge is 2.10. The van der Waals surface area contributed by atoms with Gasteiger partial charge in [-0.25, -0.2) is 9.78 Å². The van der Waals surface area contributed by atoms with Crippen LogP contribution in [0.1, 0.15) is 20.2 Å². The zero-order valence-electron chi connectivity index (χ0n) is 11.5. The molecule has 1 heterocycles. The van der Waals surface area contributed by atoms with Crippen LogP contribution in [-0.4, -0.2) is 16.1 Å². The molecule has 3 rings (SSSR count). The average Bonchev–Trinajstić information content (AvgIpc) is 2.90. The van der Waals surface area contributed by atoms with Crippen molar-refractivity contribution in [3.63, 3.8) is 0 Å². The number of thiazole rings is 1. The van der Waals surface area contributed by atoms with Gasteiger partial charge in [-0.15, -0.1) is 11.3 Å². The van der Waals surface area contributed by atoms with Crippen molar-refractivity contribution in [3.8, 4) is 0 Å². The van der Waals surface area contributed by atoms with Crippen molar-refractivity contribution in [1.82, 2.24) is 4.98 Å². The van der Waals surface area contributed by atoms with Crippen molar-refractivity contribution < 1.29 is 9.90 Å². The monoisotopic (exact) mass is 298 g/mol. The van der Waals surface area contributed by atoms with Gasteiger partial charge in [0.1, 0.15) is 0 Å². The number of aryl methyl sites for hydroxylation is 1. The molecule has 0 atom stereocenters. The fourth-order valence-corrected chi connectivity index (χ4v) is 3.04. The Kier molecular flexibility index (Phi) is 3.58. The summed E-state index contributed by atoms with van der Waals surface area (Å²) in [5, 5.41) is 15.3. The summed E-state index contributed by atoms with van der Waals surface area (Å²) >= 11 is 1.65. The zero-order chi connectivity index (χ0) is 14.8. The minimum absolute atomic E-state index is 0.324. The minimum Gasteiger partial charge on any atom is -0.478 e. The highest BCUT2D eigenvalue weighted by Crippen LogP contribution is 2.27. The highest BCUT2D eigenvalue weighted by atomic mass is 32.1. The van der Waals surface area contributed by atoms with Crippen LogP contribution in [0.2, 0.25) is 0 Å².